The van der Waals surface area contributed by atoms with Gasteiger partial charge in [0.05, 0.1) is 27.9 Å². The van der Waals surface area contributed by atoms with E-state index in [-0.39, 0.29) is 11.6 Å². The van der Waals surface area contributed by atoms with Crippen molar-refractivity contribution in [3.8, 4) is 17.2 Å². The summed E-state index contributed by atoms with van der Waals surface area (Å²) in [5.74, 6) is 2.05. The topological polar surface area (TPSA) is 55.3 Å². The van der Waals surface area contributed by atoms with Gasteiger partial charge < -0.3 is 24.4 Å². The van der Waals surface area contributed by atoms with Crippen LogP contribution in [0.1, 0.15) is 18.1 Å². The lowest BCUT2D eigenvalue weighted by atomic mass is 10.1. The van der Waals surface area contributed by atoms with Crippen LogP contribution < -0.4 is 19.5 Å². The van der Waals surface area contributed by atoms with Gasteiger partial charge >= 0.3 is 0 Å². The Balaban J connectivity index is 2.04. The van der Waals surface area contributed by atoms with Crippen molar-refractivity contribution in [1.82, 2.24) is 10.2 Å². The van der Waals surface area contributed by atoms with Crippen LogP contribution in [0.2, 0.25) is 0 Å². The van der Waals surface area contributed by atoms with Crippen molar-refractivity contribution >= 4 is 5.96 Å². The van der Waals surface area contributed by atoms with Gasteiger partial charge in [-0.25, -0.2) is 9.38 Å². The second-order valence-corrected chi connectivity index (χ2v) is 6.50. The molecule has 7 heteroatoms. The summed E-state index contributed by atoms with van der Waals surface area (Å²) in [7, 11) is 6.69. The molecule has 0 fully saturated rings. The molecule has 0 heterocycles. The number of rotatable bonds is 9. The van der Waals surface area contributed by atoms with Gasteiger partial charge in [0.2, 0.25) is 0 Å². The number of hydrogen-bond acceptors (Lipinski definition) is 4. The number of aliphatic imine (C=N–C) groups is 1. The molecule has 0 aliphatic rings. The van der Waals surface area contributed by atoms with Crippen LogP contribution in [0.15, 0.2) is 41.4 Å². The first kappa shape index (κ1) is 22.3. The van der Waals surface area contributed by atoms with E-state index in [0.717, 1.165) is 42.3 Å². The summed E-state index contributed by atoms with van der Waals surface area (Å²) in [5.41, 5.74) is 1.93. The van der Waals surface area contributed by atoms with Gasteiger partial charge in [-0.2, -0.15) is 0 Å². The van der Waals surface area contributed by atoms with Gasteiger partial charge in [-0.1, -0.05) is 12.1 Å². The standard InChI is InChI=1S/C22H30FN3O3/c1-6-24-22(25-15-17-8-9-19(27-3)18(23)13-17)26(2)12-11-16-7-10-20(28-4)21(14-16)29-5/h7-10,13-14H,6,11-12,15H2,1-5H3,(H,24,25). The summed E-state index contributed by atoms with van der Waals surface area (Å²) in [6.07, 6.45) is 0.818. The second-order valence-electron chi connectivity index (χ2n) is 6.50. The van der Waals surface area contributed by atoms with Crippen molar-refractivity contribution in [3.05, 3.63) is 53.3 Å². The predicted molar refractivity (Wildman–Crippen MR) is 114 cm³/mol. The molecular weight excluding hydrogens is 373 g/mol. The Hall–Kier alpha value is -2.96. The summed E-state index contributed by atoms with van der Waals surface area (Å²) < 4.78 is 29.5. The average molecular weight is 403 g/mol. The lowest BCUT2D eigenvalue weighted by Crippen LogP contribution is -2.39. The molecule has 0 aliphatic heterocycles. The molecule has 0 radical (unpaired) electrons. The molecule has 0 atom stereocenters. The number of ether oxygens (including phenoxy) is 3. The average Bonchev–Trinajstić information content (AvgIpc) is 2.74. The van der Waals surface area contributed by atoms with Gasteiger partial charge in [0.25, 0.3) is 0 Å². The van der Waals surface area contributed by atoms with Crippen LogP contribution in [0.5, 0.6) is 17.2 Å². The van der Waals surface area contributed by atoms with Crippen LogP contribution in [0, 0.1) is 5.82 Å². The van der Waals surface area contributed by atoms with E-state index in [1.807, 2.05) is 38.2 Å². The van der Waals surface area contributed by atoms with Crippen LogP contribution in [-0.4, -0.2) is 52.3 Å². The molecule has 0 aliphatic carbocycles. The van der Waals surface area contributed by atoms with E-state index in [4.69, 9.17) is 14.2 Å². The largest absolute Gasteiger partial charge is 0.494 e. The highest BCUT2D eigenvalue weighted by molar-refractivity contribution is 5.79. The molecule has 0 spiro atoms. The van der Waals surface area contributed by atoms with Crippen molar-refractivity contribution in [2.75, 3.05) is 41.5 Å². The predicted octanol–water partition coefficient (Wildman–Crippen LogP) is 3.49. The Morgan fingerprint density at radius 2 is 1.62 bits per heavy atom. The van der Waals surface area contributed by atoms with Crippen molar-refractivity contribution in [1.29, 1.82) is 0 Å². The molecule has 2 aromatic rings. The molecule has 29 heavy (non-hydrogen) atoms. The Labute approximate surface area is 172 Å². The Morgan fingerprint density at radius 1 is 0.966 bits per heavy atom. The molecule has 0 bridgehead atoms. The van der Waals surface area contributed by atoms with E-state index in [0.29, 0.717) is 12.3 Å². The number of nitrogens with zero attached hydrogens (tertiary/aromatic N) is 2. The zero-order valence-corrected chi connectivity index (χ0v) is 17.8. The second kappa shape index (κ2) is 11.1. The summed E-state index contributed by atoms with van der Waals surface area (Å²) in [6, 6.07) is 10.8. The monoisotopic (exact) mass is 403 g/mol. The first-order valence-electron chi connectivity index (χ1n) is 9.55. The summed E-state index contributed by atoms with van der Waals surface area (Å²) >= 11 is 0. The highest BCUT2D eigenvalue weighted by atomic mass is 19.1. The quantitative estimate of drug-likeness (QED) is 0.513. The fraction of sp³-hybridized carbons (Fsp3) is 0.409. The molecular formula is C22H30FN3O3. The van der Waals surface area contributed by atoms with Crippen molar-refractivity contribution < 1.29 is 18.6 Å². The molecule has 0 unspecified atom stereocenters. The van der Waals surface area contributed by atoms with E-state index in [1.165, 1.54) is 13.2 Å². The van der Waals surface area contributed by atoms with Crippen molar-refractivity contribution in [2.45, 2.75) is 19.9 Å². The van der Waals surface area contributed by atoms with E-state index >= 15 is 0 Å². The highest BCUT2D eigenvalue weighted by Gasteiger charge is 2.09. The zero-order chi connectivity index (χ0) is 21.2. The number of benzene rings is 2. The van der Waals surface area contributed by atoms with Crippen LogP contribution >= 0.6 is 0 Å². The van der Waals surface area contributed by atoms with Crippen LogP contribution in [0.3, 0.4) is 0 Å². The van der Waals surface area contributed by atoms with E-state index < -0.39 is 0 Å². The van der Waals surface area contributed by atoms with E-state index in [2.05, 4.69) is 15.2 Å². The zero-order valence-electron chi connectivity index (χ0n) is 17.8. The molecule has 6 nitrogen and oxygen atoms in total. The number of nitrogens with one attached hydrogen (secondary N) is 1. The molecule has 1 N–H and O–H groups in total. The molecule has 0 saturated carbocycles. The normalized spacial score (nSPS) is 11.2. The highest BCUT2D eigenvalue weighted by Crippen LogP contribution is 2.27. The number of guanidine groups is 1. The van der Waals surface area contributed by atoms with Crippen molar-refractivity contribution in [3.63, 3.8) is 0 Å². The van der Waals surface area contributed by atoms with Gasteiger partial charge in [-0.3, -0.25) is 0 Å². The molecule has 2 rings (SSSR count). The van der Waals surface area contributed by atoms with Gasteiger partial charge in [0.15, 0.2) is 29.0 Å². The van der Waals surface area contributed by atoms with E-state index in [9.17, 15) is 4.39 Å². The third-order valence-electron chi connectivity index (χ3n) is 4.51. The van der Waals surface area contributed by atoms with Gasteiger partial charge in [-0.05, 0) is 48.7 Å². The number of halogens is 1. The van der Waals surface area contributed by atoms with Gasteiger partial charge in [-0.15, -0.1) is 0 Å². The lowest BCUT2D eigenvalue weighted by Gasteiger charge is -2.22. The van der Waals surface area contributed by atoms with Crippen molar-refractivity contribution in [2.24, 2.45) is 4.99 Å². The van der Waals surface area contributed by atoms with Crippen LogP contribution in [0.25, 0.3) is 0 Å². The minimum Gasteiger partial charge on any atom is -0.494 e. The number of hydrogen-bond donors (Lipinski definition) is 1. The lowest BCUT2D eigenvalue weighted by molar-refractivity contribution is 0.354. The third kappa shape index (κ3) is 6.27. The number of methoxy groups -OCH3 is 3. The van der Waals surface area contributed by atoms with E-state index in [1.54, 1.807) is 20.3 Å². The summed E-state index contributed by atoms with van der Waals surface area (Å²) in [4.78, 5) is 6.69. The fourth-order valence-electron chi connectivity index (χ4n) is 2.88. The minimum atomic E-state index is -0.382. The maximum Gasteiger partial charge on any atom is 0.193 e. The molecule has 158 valence electrons. The molecule has 0 saturated heterocycles. The maximum absolute atomic E-state index is 13.9. The SMILES string of the molecule is CCNC(=NCc1ccc(OC)c(F)c1)N(C)CCc1ccc(OC)c(OC)c1. The van der Waals surface area contributed by atoms with Gasteiger partial charge in [0.1, 0.15) is 0 Å². The first-order valence-corrected chi connectivity index (χ1v) is 9.55. The Bertz CT molecular complexity index is 827. The molecule has 0 aromatic heterocycles. The van der Waals surface area contributed by atoms with Gasteiger partial charge in [0, 0.05) is 20.1 Å². The smallest absolute Gasteiger partial charge is 0.193 e. The Morgan fingerprint density at radius 3 is 2.24 bits per heavy atom. The minimum absolute atomic E-state index is 0.233. The fourth-order valence-corrected chi connectivity index (χ4v) is 2.88. The summed E-state index contributed by atoms with van der Waals surface area (Å²) in [5, 5.41) is 3.28. The maximum atomic E-state index is 13.9. The molecule has 0 amide bonds. The summed E-state index contributed by atoms with van der Waals surface area (Å²) in [6.45, 7) is 3.91. The third-order valence-corrected chi connectivity index (χ3v) is 4.51. The van der Waals surface area contributed by atoms with Crippen LogP contribution in [-0.2, 0) is 13.0 Å². The molecule has 2 aromatic carbocycles. The first-order chi connectivity index (χ1) is 14.0. The van der Waals surface area contributed by atoms with Crippen LogP contribution in [0.4, 0.5) is 4.39 Å². The number of likely N-dealkylation sites (N-methyl/N-ethyl adjacent to an activating group) is 1. The Kier molecular flexibility index (Phi) is 8.58.